The van der Waals surface area contributed by atoms with Crippen molar-refractivity contribution in [3.63, 3.8) is 0 Å². The minimum Gasteiger partial charge on any atom is -0.493 e. The number of ether oxygens (including phenoxy) is 5. The van der Waals surface area contributed by atoms with E-state index >= 15 is 0 Å². The fraction of sp³-hybridized carbons (Fsp3) is 0.500. The van der Waals surface area contributed by atoms with Crippen LogP contribution in [0.5, 0.6) is 11.5 Å². The molecule has 0 saturated carbocycles. The van der Waals surface area contributed by atoms with Crippen LogP contribution in [-0.4, -0.2) is 56.0 Å². The number of benzene rings is 2. The molecule has 0 aliphatic carbocycles. The Morgan fingerprint density at radius 3 is 2.39 bits per heavy atom. The lowest BCUT2D eigenvalue weighted by Crippen LogP contribution is -2.45. The van der Waals surface area contributed by atoms with Crippen molar-refractivity contribution in [3.05, 3.63) is 59.7 Å². The summed E-state index contributed by atoms with van der Waals surface area (Å²) in [6.07, 6.45) is 1.23. The molecule has 1 aliphatic heterocycles. The van der Waals surface area contributed by atoms with E-state index in [1.54, 1.807) is 35.0 Å². The Bertz CT molecular complexity index is 1000. The van der Waals surface area contributed by atoms with Crippen molar-refractivity contribution in [3.8, 4) is 11.5 Å². The number of nitrogens with zero attached hydrogens (tertiary/aromatic N) is 1. The molecule has 3 rings (SSSR count). The van der Waals surface area contributed by atoms with Gasteiger partial charge in [-0.1, -0.05) is 36.4 Å². The molecule has 1 amide bonds. The van der Waals surface area contributed by atoms with Crippen molar-refractivity contribution in [1.29, 1.82) is 0 Å². The van der Waals surface area contributed by atoms with Gasteiger partial charge in [-0.15, -0.1) is 0 Å². The van der Waals surface area contributed by atoms with Gasteiger partial charge in [-0.05, 0) is 56.9 Å². The van der Waals surface area contributed by atoms with E-state index in [4.69, 9.17) is 23.7 Å². The third-order valence-corrected chi connectivity index (χ3v) is 5.81. The predicted molar refractivity (Wildman–Crippen MR) is 135 cm³/mol. The van der Waals surface area contributed by atoms with Gasteiger partial charge in [0.2, 0.25) is 0 Å². The molecule has 1 fully saturated rings. The van der Waals surface area contributed by atoms with Crippen LogP contribution in [0.15, 0.2) is 48.5 Å². The maximum Gasteiger partial charge on any atom is 0.411 e. The molecule has 1 aliphatic rings. The first-order valence-electron chi connectivity index (χ1n) is 12.2. The van der Waals surface area contributed by atoms with Gasteiger partial charge in [0.25, 0.3) is 0 Å². The van der Waals surface area contributed by atoms with E-state index in [1.165, 1.54) is 4.90 Å². The van der Waals surface area contributed by atoms with E-state index in [1.807, 2.05) is 48.5 Å². The van der Waals surface area contributed by atoms with Crippen LogP contribution in [0, 0.1) is 0 Å². The summed E-state index contributed by atoms with van der Waals surface area (Å²) in [5.74, 6) is 0.721. The van der Waals surface area contributed by atoms with Gasteiger partial charge in [0, 0.05) is 20.1 Å². The Balaban J connectivity index is 1.83. The predicted octanol–water partition coefficient (Wildman–Crippen LogP) is 5.29. The van der Waals surface area contributed by atoms with Crippen molar-refractivity contribution in [2.24, 2.45) is 0 Å². The molecule has 2 aromatic carbocycles. The summed E-state index contributed by atoms with van der Waals surface area (Å²) in [4.78, 5) is 27.9. The second-order valence-electron chi connectivity index (χ2n) is 9.69. The van der Waals surface area contributed by atoms with E-state index in [-0.39, 0.29) is 12.6 Å². The highest BCUT2D eigenvalue weighted by Gasteiger charge is 2.44. The van der Waals surface area contributed by atoms with Crippen LogP contribution < -0.4 is 9.47 Å². The van der Waals surface area contributed by atoms with E-state index in [0.29, 0.717) is 37.6 Å². The number of carbonyl (C=O) groups excluding carboxylic acids is 2. The number of rotatable bonds is 10. The first-order chi connectivity index (χ1) is 17.2. The molecule has 0 bridgehead atoms. The third kappa shape index (κ3) is 7.37. The molecule has 2 unspecified atom stereocenters. The van der Waals surface area contributed by atoms with Crippen molar-refractivity contribution >= 4 is 12.1 Å². The minimum atomic E-state index is -0.748. The summed E-state index contributed by atoms with van der Waals surface area (Å²) >= 11 is 0. The van der Waals surface area contributed by atoms with Gasteiger partial charge < -0.3 is 23.7 Å². The lowest BCUT2D eigenvalue weighted by Gasteiger charge is -2.32. The van der Waals surface area contributed by atoms with Crippen LogP contribution in [0.1, 0.15) is 57.2 Å². The average Bonchev–Trinajstić information content (AvgIpc) is 3.30. The molecule has 36 heavy (non-hydrogen) atoms. The quantitative estimate of drug-likeness (QED) is 0.324. The zero-order chi connectivity index (χ0) is 26.1. The number of amides is 1. The van der Waals surface area contributed by atoms with Crippen molar-refractivity contribution in [1.82, 2.24) is 4.90 Å². The SMILES string of the molecule is COCCCOc1cc(C2CCC(C(=O)OCc3ccccc3)N2C(=O)OC(C)(C)C)ccc1OC. The zero-order valence-electron chi connectivity index (χ0n) is 21.8. The largest absolute Gasteiger partial charge is 0.493 e. The molecule has 196 valence electrons. The Kier molecular flexibility index (Phi) is 9.58. The Morgan fingerprint density at radius 2 is 1.72 bits per heavy atom. The average molecular weight is 500 g/mol. The van der Waals surface area contributed by atoms with Gasteiger partial charge in [0.1, 0.15) is 18.2 Å². The van der Waals surface area contributed by atoms with Crippen molar-refractivity contribution in [2.75, 3.05) is 27.4 Å². The highest BCUT2D eigenvalue weighted by molar-refractivity contribution is 5.82. The van der Waals surface area contributed by atoms with Crippen molar-refractivity contribution in [2.45, 2.75) is 64.3 Å². The molecule has 0 N–H and O–H groups in total. The fourth-order valence-electron chi connectivity index (χ4n) is 4.16. The molecule has 0 radical (unpaired) electrons. The molecular formula is C28H37NO7. The van der Waals surface area contributed by atoms with Crippen LogP contribution in [-0.2, 0) is 25.6 Å². The third-order valence-electron chi connectivity index (χ3n) is 5.81. The van der Waals surface area contributed by atoms with E-state index in [9.17, 15) is 9.59 Å². The molecule has 2 atom stereocenters. The van der Waals surface area contributed by atoms with Crippen LogP contribution in [0.25, 0.3) is 0 Å². The maximum atomic E-state index is 13.3. The molecule has 0 aromatic heterocycles. The smallest absolute Gasteiger partial charge is 0.411 e. The maximum absolute atomic E-state index is 13.3. The summed E-state index contributed by atoms with van der Waals surface area (Å²) in [6, 6.07) is 13.9. The molecule has 8 nitrogen and oxygen atoms in total. The number of esters is 1. The van der Waals surface area contributed by atoms with Gasteiger partial charge in [0.05, 0.1) is 19.8 Å². The van der Waals surface area contributed by atoms with Crippen molar-refractivity contribution < 1.29 is 33.3 Å². The molecule has 2 aromatic rings. The number of likely N-dealkylation sites (tertiary alicyclic amines) is 1. The zero-order valence-corrected chi connectivity index (χ0v) is 21.8. The fourth-order valence-corrected chi connectivity index (χ4v) is 4.16. The number of hydrogen-bond acceptors (Lipinski definition) is 7. The summed E-state index contributed by atoms with van der Waals surface area (Å²) in [5.41, 5.74) is 1.01. The lowest BCUT2D eigenvalue weighted by atomic mass is 10.0. The molecule has 1 saturated heterocycles. The van der Waals surface area contributed by atoms with E-state index < -0.39 is 23.7 Å². The minimum absolute atomic E-state index is 0.144. The van der Waals surface area contributed by atoms with Gasteiger partial charge >= 0.3 is 12.1 Å². The highest BCUT2D eigenvalue weighted by atomic mass is 16.6. The Morgan fingerprint density at radius 1 is 0.972 bits per heavy atom. The second kappa shape index (κ2) is 12.6. The number of carbonyl (C=O) groups is 2. The van der Waals surface area contributed by atoms with Crippen LogP contribution >= 0.6 is 0 Å². The van der Waals surface area contributed by atoms with Crippen LogP contribution in [0.2, 0.25) is 0 Å². The van der Waals surface area contributed by atoms with E-state index in [2.05, 4.69) is 0 Å². The van der Waals surface area contributed by atoms with Gasteiger partial charge in [-0.3, -0.25) is 4.90 Å². The Hall–Kier alpha value is -3.26. The number of methoxy groups -OCH3 is 2. The summed E-state index contributed by atoms with van der Waals surface area (Å²) in [7, 11) is 3.23. The first-order valence-corrected chi connectivity index (χ1v) is 12.2. The lowest BCUT2D eigenvalue weighted by molar-refractivity contribution is -0.150. The number of hydrogen-bond donors (Lipinski definition) is 0. The summed E-state index contributed by atoms with van der Waals surface area (Å²) in [5, 5.41) is 0. The summed E-state index contributed by atoms with van der Waals surface area (Å²) < 4.78 is 27.8. The van der Waals surface area contributed by atoms with Crippen LogP contribution in [0.4, 0.5) is 4.79 Å². The monoisotopic (exact) mass is 499 g/mol. The molecule has 0 spiro atoms. The molecule has 8 heteroatoms. The second-order valence-corrected chi connectivity index (χ2v) is 9.69. The van der Waals surface area contributed by atoms with E-state index in [0.717, 1.165) is 17.5 Å². The topological polar surface area (TPSA) is 83.5 Å². The highest BCUT2D eigenvalue weighted by Crippen LogP contribution is 2.41. The van der Waals surface area contributed by atoms with Gasteiger partial charge in [-0.25, -0.2) is 9.59 Å². The van der Waals surface area contributed by atoms with Gasteiger partial charge in [-0.2, -0.15) is 0 Å². The molecular weight excluding hydrogens is 462 g/mol. The Labute approximate surface area is 213 Å². The summed E-state index contributed by atoms with van der Waals surface area (Å²) in [6.45, 7) is 6.60. The van der Waals surface area contributed by atoms with Gasteiger partial charge in [0.15, 0.2) is 11.5 Å². The van der Waals surface area contributed by atoms with Crippen LogP contribution in [0.3, 0.4) is 0 Å². The molecule has 1 heterocycles. The standard InChI is InChI=1S/C28H37NO7/c1-28(2,3)36-27(31)29-22(13-14-23(29)26(30)35-19-20-10-7-6-8-11-20)21-12-15-24(33-5)25(18-21)34-17-9-16-32-4/h6-8,10-12,15,18,22-23H,9,13-14,16-17,19H2,1-5H3. The normalized spacial score (nSPS) is 17.5. The first kappa shape index (κ1) is 27.3.